The maximum atomic E-state index is 11.7. The van der Waals surface area contributed by atoms with Crippen LogP contribution >= 0.6 is 0 Å². The maximum absolute atomic E-state index is 11.7. The Morgan fingerprint density at radius 1 is 0.893 bits per heavy atom. The molecule has 0 aromatic heterocycles. The van der Waals surface area contributed by atoms with E-state index in [0.717, 1.165) is 28.8 Å². The highest BCUT2D eigenvalue weighted by molar-refractivity contribution is 5.82. The molecule has 3 atom stereocenters. The summed E-state index contributed by atoms with van der Waals surface area (Å²) in [4.78, 5) is 11.4. The second-order valence-corrected chi connectivity index (χ2v) is 7.43. The zero-order valence-corrected chi connectivity index (χ0v) is 15.3. The maximum Gasteiger partial charge on any atom is 0.274 e. The average Bonchev–Trinajstić information content (AvgIpc) is 3.23. The first-order valence-corrected chi connectivity index (χ1v) is 9.59. The van der Waals surface area contributed by atoms with E-state index in [1.54, 1.807) is 12.1 Å². The molecule has 3 aromatic rings. The fraction of sp³-hybridized carbons (Fsp3) is 0.167. The van der Waals surface area contributed by atoms with Crippen molar-refractivity contribution in [1.82, 2.24) is 0 Å². The number of anilines is 1. The van der Waals surface area contributed by atoms with Gasteiger partial charge in [-0.25, -0.2) is 0 Å². The van der Waals surface area contributed by atoms with Crippen LogP contribution in [0.4, 0.5) is 11.4 Å². The van der Waals surface area contributed by atoms with Crippen molar-refractivity contribution in [2.75, 3.05) is 5.32 Å². The summed E-state index contributed by atoms with van der Waals surface area (Å²) in [7, 11) is 0. The quantitative estimate of drug-likeness (QED) is 0.346. The molecular weight excluding hydrogens is 348 g/mol. The highest BCUT2D eigenvalue weighted by Crippen LogP contribution is 2.53. The van der Waals surface area contributed by atoms with Crippen molar-refractivity contribution in [2.24, 2.45) is 5.92 Å². The fourth-order valence-corrected chi connectivity index (χ4v) is 4.70. The first-order chi connectivity index (χ1) is 13.7. The summed E-state index contributed by atoms with van der Waals surface area (Å²) in [6.07, 6.45) is 5.40. The molecule has 0 fully saturated rings. The minimum Gasteiger partial charge on any atom is -0.377 e. The van der Waals surface area contributed by atoms with E-state index < -0.39 is 0 Å². The highest BCUT2D eigenvalue weighted by atomic mass is 16.6. The number of nitrogens with zero attached hydrogens (tertiary/aromatic N) is 1. The number of rotatable bonds is 3. The third-order valence-corrected chi connectivity index (χ3v) is 5.95. The van der Waals surface area contributed by atoms with Gasteiger partial charge in [0.15, 0.2) is 0 Å². The van der Waals surface area contributed by atoms with Crippen molar-refractivity contribution in [2.45, 2.75) is 18.4 Å². The Balaban J connectivity index is 1.68. The number of para-hydroxylation sites is 2. The minimum atomic E-state index is -0.271. The van der Waals surface area contributed by atoms with Crippen molar-refractivity contribution in [1.29, 1.82) is 0 Å². The van der Waals surface area contributed by atoms with Crippen molar-refractivity contribution in [3.05, 3.63) is 106 Å². The zero-order chi connectivity index (χ0) is 19.1. The molecule has 0 saturated carbocycles. The van der Waals surface area contributed by atoms with Crippen LogP contribution in [0, 0.1) is 16.0 Å². The van der Waals surface area contributed by atoms with Gasteiger partial charge in [-0.2, -0.15) is 0 Å². The Bertz CT molecular complexity index is 1070. The fourth-order valence-electron chi connectivity index (χ4n) is 4.70. The van der Waals surface area contributed by atoms with E-state index in [1.165, 1.54) is 5.56 Å². The SMILES string of the molecule is O=[N+]([O-])c1ccccc1[C@@H]1Nc2c(-c3ccccc3)cccc2[C@H]2C=CC[C@@H]21. The molecule has 3 aromatic carbocycles. The van der Waals surface area contributed by atoms with E-state index in [2.05, 4.69) is 47.8 Å². The van der Waals surface area contributed by atoms with Crippen LogP contribution in [0.25, 0.3) is 11.1 Å². The summed E-state index contributed by atoms with van der Waals surface area (Å²) in [6, 6.07) is 23.7. The van der Waals surface area contributed by atoms with Gasteiger partial charge < -0.3 is 5.32 Å². The van der Waals surface area contributed by atoms with Crippen LogP contribution in [-0.4, -0.2) is 4.92 Å². The molecule has 4 nitrogen and oxygen atoms in total. The first kappa shape index (κ1) is 16.8. The summed E-state index contributed by atoms with van der Waals surface area (Å²) >= 11 is 0. The van der Waals surface area contributed by atoms with E-state index in [4.69, 9.17) is 0 Å². The number of benzene rings is 3. The zero-order valence-electron chi connectivity index (χ0n) is 15.3. The van der Waals surface area contributed by atoms with Crippen LogP contribution in [-0.2, 0) is 0 Å². The van der Waals surface area contributed by atoms with Gasteiger partial charge in [0.1, 0.15) is 0 Å². The lowest BCUT2D eigenvalue weighted by atomic mass is 9.75. The average molecular weight is 368 g/mol. The number of allylic oxidation sites excluding steroid dienone is 2. The third-order valence-electron chi connectivity index (χ3n) is 5.95. The predicted molar refractivity (Wildman–Crippen MR) is 111 cm³/mol. The van der Waals surface area contributed by atoms with Crippen molar-refractivity contribution in [3.8, 4) is 11.1 Å². The molecule has 0 unspecified atom stereocenters. The smallest absolute Gasteiger partial charge is 0.274 e. The number of nitro groups is 1. The largest absolute Gasteiger partial charge is 0.377 e. The van der Waals surface area contributed by atoms with Crippen LogP contribution in [0.2, 0.25) is 0 Å². The molecule has 2 aliphatic rings. The lowest BCUT2D eigenvalue weighted by Gasteiger charge is -2.38. The Kier molecular flexibility index (Phi) is 3.97. The molecule has 5 rings (SSSR count). The molecule has 1 aliphatic heterocycles. The van der Waals surface area contributed by atoms with Crippen LogP contribution in [0.5, 0.6) is 0 Å². The van der Waals surface area contributed by atoms with Gasteiger partial charge in [0.05, 0.1) is 16.5 Å². The second kappa shape index (κ2) is 6.64. The van der Waals surface area contributed by atoms with Gasteiger partial charge in [0, 0.05) is 23.2 Å². The van der Waals surface area contributed by atoms with Crippen molar-refractivity contribution < 1.29 is 4.92 Å². The molecule has 28 heavy (non-hydrogen) atoms. The summed E-state index contributed by atoms with van der Waals surface area (Å²) in [5.41, 5.74) is 5.60. The van der Waals surface area contributed by atoms with Gasteiger partial charge in [-0.15, -0.1) is 0 Å². The predicted octanol–water partition coefficient (Wildman–Crippen LogP) is 6.09. The standard InChI is InChI=1S/C24H20N2O2/c27-26(28)22-15-5-4-10-21(22)24-20-14-7-12-18(20)19-13-6-11-17(23(19)25-24)16-8-2-1-3-9-16/h1-13,15,18,20,24-25H,14H2/t18-,20+,24-/m1/s1. The number of nitrogens with one attached hydrogen (secondary N) is 1. The minimum absolute atomic E-state index is 0.0982. The number of hydrogen-bond donors (Lipinski definition) is 1. The van der Waals surface area contributed by atoms with Crippen LogP contribution in [0.15, 0.2) is 84.9 Å². The van der Waals surface area contributed by atoms with Crippen molar-refractivity contribution >= 4 is 11.4 Å². The van der Waals surface area contributed by atoms with Crippen LogP contribution < -0.4 is 5.32 Å². The lowest BCUT2D eigenvalue weighted by Crippen LogP contribution is -2.30. The summed E-state index contributed by atoms with van der Waals surface area (Å²) in [6.45, 7) is 0. The molecule has 0 amide bonds. The molecule has 0 bridgehead atoms. The van der Waals surface area contributed by atoms with E-state index in [9.17, 15) is 10.1 Å². The Hall–Kier alpha value is -3.40. The van der Waals surface area contributed by atoms with Gasteiger partial charge >= 0.3 is 0 Å². The monoisotopic (exact) mass is 368 g/mol. The van der Waals surface area contributed by atoms with Gasteiger partial charge in [-0.05, 0) is 23.5 Å². The van der Waals surface area contributed by atoms with Crippen molar-refractivity contribution in [3.63, 3.8) is 0 Å². The van der Waals surface area contributed by atoms with Gasteiger partial charge in [-0.1, -0.05) is 78.9 Å². The molecule has 0 spiro atoms. The number of hydrogen-bond acceptors (Lipinski definition) is 3. The first-order valence-electron chi connectivity index (χ1n) is 9.59. The Morgan fingerprint density at radius 3 is 2.46 bits per heavy atom. The van der Waals surface area contributed by atoms with E-state index in [0.29, 0.717) is 0 Å². The molecule has 138 valence electrons. The van der Waals surface area contributed by atoms with Gasteiger partial charge in [0.2, 0.25) is 0 Å². The van der Waals surface area contributed by atoms with Crippen LogP contribution in [0.3, 0.4) is 0 Å². The van der Waals surface area contributed by atoms with E-state index >= 15 is 0 Å². The lowest BCUT2D eigenvalue weighted by molar-refractivity contribution is -0.385. The van der Waals surface area contributed by atoms with E-state index in [1.807, 2.05) is 30.3 Å². The normalized spacial score (nSPS) is 22.2. The highest BCUT2D eigenvalue weighted by Gasteiger charge is 2.40. The molecule has 0 saturated heterocycles. The molecule has 0 radical (unpaired) electrons. The van der Waals surface area contributed by atoms with Gasteiger partial charge in [-0.3, -0.25) is 10.1 Å². The molecule has 1 heterocycles. The van der Waals surface area contributed by atoms with Gasteiger partial charge in [0.25, 0.3) is 5.69 Å². The molecule has 4 heteroatoms. The summed E-state index contributed by atoms with van der Waals surface area (Å²) < 4.78 is 0. The topological polar surface area (TPSA) is 55.2 Å². The number of fused-ring (bicyclic) bond motifs is 3. The third kappa shape index (κ3) is 2.61. The van der Waals surface area contributed by atoms with Crippen LogP contribution in [0.1, 0.15) is 29.5 Å². The Morgan fingerprint density at radius 2 is 1.64 bits per heavy atom. The molecular formula is C24H20N2O2. The molecule has 1 aliphatic carbocycles. The molecule has 1 N–H and O–H groups in total. The summed E-state index contributed by atoms with van der Waals surface area (Å²) in [5.74, 6) is 0.546. The number of nitro benzene ring substituents is 1. The summed E-state index contributed by atoms with van der Waals surface area (Å²) in [5, 5.41) is 15.4. The van der Waals surface area contributed by atoms with E-state index in [-0.39, 0.29) is 28.5 Å². The second-order valence-electron chi connectivity index (χ2n) is 7.43. The Labute approximate surface area is 163 Å².